The first-order valence-electron chi connectivity index (χ1n) is 5.72. The zero-order chi connectivity index (χ0) is 13.9. The lowest BCUT2D eigenvalue weighted by Gasteiger charge is -2.23. The minimum absolute atomic E-state index is 0.242. The number of aromatic nitrogens is 4. The SMILES string of the molecule is C#CC(CO)(CCc1cnc2c(N)ncnn12)OC. The summed E-state index contributed by atoms with van der Waals surface area (Å²) in [7, 11) is 1.48. The number of imidazole rings is 1. The van der Waals surface area contributed by atoms with Crippen molar-refractivity contribution in [3.63, 3.8) is 0 Å². The Morgan fingerprint density at radius 3 is 3.00 bits per heavy atom. The van der Waals surface area contributed by atoms with Gasteiger partial charge in [-0.3, -0.25) is 0 Å². The summed E-state index contributed by atoms with van der Waals surface area (Å²) in [4.78, 5) is 8.02. The van der Waals surface area contributed by atoms with Crippen molar-refractivity contribution in [3.05, 3.63) is 18.2 Å². The van der Waals surface area contributed by atoms with Crippen LogP contribution in [0.2, 0.25) is 0 Å². The predicted molar refractivity (Wildman–Crippen MR) is 69.2 cm³/mol. The number of anilines is 1. The number of nitrogens with zero attached hydrogens (tertiary/aromatic N) is 4. The van der Waals surface area contributed by atoms with Crippen LogP contribution in [-0.2, 0) is 11.2 Å². The van der Waals surface area contributed by atoms with Gasteiger partial charge < -0.3 is 15.6 Å². The molecule has 7 nitrogen and oxygen atoms in total. The molecule has 0 saturated heterocycles. The number of methoxy groups -OCH3 is 1. The highest BCUT2D eigenvalue weighted by Crippen LogP contribution is 2.18. The van der Waals surface area contributed by atoms with Crippen LogP contribution in [0, 0.1) is 12.3 Å². The molecule has 1 unspecified atom stereocenters. The van der Waals surface area contributed by atoms with Gasteiger partial charge in [0.15, 0.2) is 17.1 Å². The number of rotatable bonds is 5. The van der Waals surface area contributed by atoms with Crippen molar-refractivity contribution in [1.82, 2.24) is 19.6 Å². The second-order valence-electron chi connectivity index (χ2n) is 4.13. The van der Waals surface area contributed by atoms with Crippen LogP contribution in [0.3, 0.4) is 0 Å². The lowest BCUT2D eigenvalue weighted by atomic mass is 9.98. The molecule has 19 heavy (non-hydrogen) atoms. The fraction of sp³-hybridized carbons (Fsp3) is 0.417. The third-order valence-corrected chi connectivity index (χ3v) is 3.10. The van der Waals surface area contributed by atoms with Crippen LogP contribution < -0.4 is 5.73 Å². The molecule has 2 aromatic heterocycles. The summed E-state index contributed by atoms with van der Waals surface area (Å²) in [6.07, 6.45) is 9.43. The number of aliphatic hydroxyl groups is 1. The molecule has 0 saturated carbocycles. The minimum atomic E-state index is -0.983. The molecule has 0 fully saturated rings. The summed E-state index contributed by atoms with van der Waals surface area (Å²) in [5.74, 6) is 2.80. The van der Waals surface area contributed by atoms with E-state index in [0.717, 1.165) is 5.69 Å². The van der Waals surface area contributed by atoms with Gasteiger partial charge in [-0.25, -0.2) is 14.5 Å². The maximum Gasteiger partial charge on any atom is 0.196 e. The summed E-state index contributed by atoms with van der Waals surface area (Å²) >= 11 is 0. The van der Waals surface area contributed by atoms with Crippen LogP contribution in [0.15, 0.2) is 12.5 Å². The van der Waals surface area contributed by atoms with Crippen LogP contribution >= 0.6 is 0 Å². The summed E-state index contributed by atoms with van der Waals surface area (Å²) < 4.78 is 6.80. The molecule has 3 N–H and O–H groups in total. The Morgan fingerprint density at radius 1 is 1.58 bits per heavy atom. The Kier molecular flexibility index (Phi) is 3.64. The van der Waals surface area contributed by atoms with Gasteiger partial charge in [-0.1, -0.05) is 5.92 Å². The third kappa shape index (κ3) is 2.36. The van der Waals surface area contributed by atoms with E-state index in [1.165, 1.54) is 13.4 Å². The molecular weight excluding hydrogens is 246 g/mol. The van der Waals surface area contributed by atoms with E-state index in [1.54, 1.807) is 10.7 Å². The Morgan fingerprint density at radius 2 is 2.37 bits per heavy atom. The van der Waals surface area contributed by atoms with Crippen molar-refractivity contribution in [2.45, 2.75) is 18.4 Å². The van der Waals surface area contributed by atoms with Crippen LogP contribution in [0.4, 0.5) is 5.82 Å². The van der Waals surface area contributed by atoms with Crippen LogP contribution in [0.25, 0.3) is 5.65 Å². The number of hydrogen-bond donors (Lipinski definition) is 2. The molecule has 0 aliphatic carbocycles. The molecule has 0 aromatic carbocycles. The number of terminal acetylenes is 1. The largest absolute Gasteiger partial charge is 0.392 e. The fourth-order valence-corrected chi connectivity index (χ4v) is 1.80. The molecule has 0 bridgehead atoms. The maximum absolute atomic E-state index is 9.33. The third-order valence-electron chi connectivity index (χ3n) is 3.10. The van der Waals surface area contributed by atoms with Gasteiger partial charge in [-0.15, -0.1) is 6.42 Å². The molecule has 0 aliphatic heterocycles. The summed E-state index contributed by atoms with van der Waals surface area (Å²) in [6, 6.07) is 0. The van der Waals surface area contributed by atoms with E-state index < -0.39 is 5.60 Å². The first-order chi connectivity index (χ1) is 9.15. The Hall–Kier alpha value is -2.17. The van der Waals surface area contributed by atoms with E-state index in [2.05, 4.69) is 21.0 Å². The minimum Gasteiger partial charge on any atom is -0.392 e. The average molecular weight is 261 g/mol. The topological polar surface area (TPSA) is 98.6 Å². The van der Waals surface area contributed by atoms with Gasteiger partial charge in [0.05, 0.1) is 18.5 Å². The van der Waals surface area contributed by atoms with Crippen molar-refractivity contribution in [2.75, 3.05) is 19.5 Å². The standard InChI is InChI=1S/C12H15N5O2/c1-3-12(7-18,19-2)5-4-9-6-14-11-10(13)15-8-16-17(9)11/h1,6,8,18H,4-5,7H2,2H3,(H2,13,15,16). The maximum atomic E-state index is 9.33. The average Bonchev–Trinajstić information content (AvgIpc) is 2.86. The molecule has 0 spiro atoms. The molecule has 2 rings (SSSR count). The molecule has 2 aromatic rings. The van der Waals surface area contributed by atoms with Gasteiger partial charge in [0, 0.05) is 7.11 Å². The fourth-order valence-electron chi connectivity index (χ4n) is 1.80. The van der Waals surface area contributed by atoms with Crippen LogP contribution in [-0.4, -0.2) is 44.0 Å². The number of fused-ring (bicyclic) bond motifs is 1. The van der Waals surface area contributed by atoms with Gasteiger partial charge in [0.2, 0.25) is 0 Å². The molecule has 0 amide bonds. The lowest BCUT2D eigenvalue weighted by molar-refractivity contribution is -0.0121. The van der Waals surface area contributed by atoms with E-state index in [0.29, 0.717) is 24.3 Å². The van der Waals surface area contributed by atoms with Gasteiger partial charge in [0.25, 0.3) is 0 Å². The second kappa shape index (κ2) is 5.22. The highest BCUT2D eigenvalue weighted by molar-refractivity contribution is 5.58. The number of nitrogen functional groups attached to an aromatic ring is 1. The molecule has 7 heteroatoms. The molecule has 0 aliphatic rings. The summed E-state index contributed by atoms with van der Waals surface area (Å²) in [6.45, 7) is -0.242. The zero-order valence-corrected chi connectivity index (χ0v) is 10.6. The lowest BCUT2D eigenvalue weighted by Crippen LogP contribution is -2.34. The normalized spacial score (nSPS) is 14.2. The van der Waals surface area contributed by atoms with Gasteiger partial charge in [0.1, 0.15) is 6.33 Å². The smallest absolute Gasteiger partial charge is 0.196 e. The summed E-state index contributed by atoms with van der Waals surface area (Å²) in [5, 5.41) is 13.4. The Balaban J connectivity index is 2.23. The highest BCUT2D eigenvalue weighted by atomic mass is 16.5. The van der Waals surface area contributed by atoms with Gasteiger partial charge in [-0.2, -0.15) is 5.10 Å². The Bertz CT molecular complexity index is 612. The number of aryl methyl sites for hydroxylation is 1. The number of aliphatic hydroxyl groups excluding tert-OH is 1. The van der Waals surface area contributed by atoms with Gasteiger partial charge in [-0.05, 0) is 12.8 Å². The molecular formula is C12H15N5O2. The molecule has 0 radical (unpaired) electrons. The Labute approximate surface area is 110 Å². The summed E-state index contributed by atoms with van der Waals surface area (Å²) in [5.41, 5.74) is 6.05. The predicted octanol–water partition coefficient (Wildman–Crippen LogP) is -0.350. The van der Waals surface area contributed by atoms with E-state index in [-0.39, 0.29) is 6.61 Å². The van der Waals surface area contributed by atoms with Crippen LogP contribution in [0.1, 0.15) is 12.1 Å². The second-order valence-corrected chi connectivity index (χ2v) is 4.13. The number of ether oxygens (including phenoxy) is 1. The zero-order valence-electron chi connectivity index (χ0n) is 10.6. The number of nitrogens with two attached hydrogens (primary N) is 1. The van der Waals surface area contributed by atoms with E-state index >= 15 is 0 Å². The van der Waals surface area contributed by atoms with Crippen molar-refractivity contribution in [2.24, 2.45) is 0 Å². The first kappa shape index (κ1) is 13.3. The van der Waals surface area contributed by atoms with Crippen molar-refractivity contribution < 1.29 is 9.84 Å². The van der Waals surface area contributed by atoms with E-state index in [4.69, 9.17) is 16.9 Å². The first-order valence-corrected chi connectivity index (χ1v) is 5.72. The van der Waals surface area contributed by atoms with Crippen molar-refractivity contribution >= 4 is 11.5 Å². The molecule has 100 valence electrons. The van der Waals surface area contributed by atoms with Gasteiger partial charge >= 0.3 is 0 Å². The van der Waals surface area contributed by atoms with Crippen molar-refractivity contribution in [3.8, 4) is 12.3 Å². The quantitative estimate of drug-likeness (QED) is 0.714. The van der Waals surface area contributed by atoms with Crippen molar-refractivity contribution in [1.29, 1.82) is 0 Å². The van der Waals surface area contributed by atoms with Crippen LogP contribution in [0.5, 0.6) is 0 Å². The monoisotopic (exact) mass is 261 g/mol. The van der Waals surface area contributed by atoms with E-state index in [1.807, 2.05) is 0 Å². The number of hydrogen-bond acceptors (Lipinski definition) is 6. The molecule has 1 atom stereocenters. The van der Waals surface area contributed by atoms with E-state index in [9.17, 15) is 5.11 Å². The molecule has 2 heterocycles. The highest BCUT2D eigenvalue weighted by Gasteiger charge is 2.26.